The average molecular weight is 241 g/mol. The molecule has 0 fully saturated rings. The van der Waals surface area contributed by atoms with Gasteiger partial charge in [-0.3, -0.25) is 0 Å². The first-order chi connectivity index (χ1) is 6.24. The maximum atomic E-state index is 5.32. The van der Waals surface area contributed by atoms with Crippen LogP contribution in [0.2, 0.25) is 0 Å². The van der Waals surface area contributed by atoms with Crippen molar-refractivity contribution in [2.24, 2.45) is 0 Å². The molecule has 0 unspecified atom stereocenters. The molecule has 0 heterocycles. The molecule has 0 spiro atoms. The Labute approximate surface area is 87.2 Å². The summed E-state index contributed by atoms with van der Waals surface area (Å²) in [5.74, 6) is 1.01. The number of fused-ring (bicyclic) bond motifs is 1. The van der Waals surface area contributed by atoms with Crippen molar-refractivity contribution in [3.63, 3.8) is 0 Å². The quantitative estimate of drug-likeness (QED) is 0.733. The number of aryl methyl sites for hydroxylation is 1. The Bertz CT molecular complexity index is 344. The minimum atomic E-state index is 1.01. The largest absolute Gasteiger partial charge is 0.496 e. The van der Waals surface area contributed by atoms with E-state index in [1.165, 1.54) is 40.4 Å². The molecule has 0 radical (unpaired) electrons. The van der Waals surface area contributed by atoms with Gasteiger partial charge in [0.1, 0.15) is 5.75 Å². The molecule has 1 nitrogen and oxygen atoms in total. The highest BCUT2D eigenvalue weighted by Crippen LogP contribution is 2.36. The summed E-state index contributed by atoms with van der Waals surface area (Å²) in [6.45, 7) is 2.10. The third-order valence-electron chi connectivity index (χ3n) is 2.75. The fourth-order valence-electron chi connectivity index (χ4n) is 1.99. The summed E-state index contributed by atoms with van der Waals surface area (Å²) in [4.78, 5) is 0. The van der Waals surface area contributed by atoms with E-state index in [0.29, 0.717) is 0 Å². The van der Waals surface area contributed by atoms with Gasteiger partial charge in [-0.25, -0.2) is 0 Å². The normalized spacial score (nSPS) is 14.4. The second kappa shape index (κ2) is 3.33. The van der Waals surface area contributed by atoms with Crippen LogP contribution in [0.1, 0.15) is 23.1 Å². The zero-order valence-corrected chi connectivity index (χ0v) is 9.57. The van der Waals surface area contributed by atoms with Gasteiger partial charge in [-0.1, -0.05) is 15.9 Å². The Hall–Kier alpha value is -0.500. The van der Waals surface area contributed by atoms with E-state index < -0.39 is 0 Å². The van der Waals surface area contributed by atoms with Gasteiger partial charge in [0.25, 0.3) is 0 Å². The Morgan fingerprint density at radius 1 is 1.38 bits per heavy atom. The lowest BCUT2D eigenvalue weighted by molar-refractivity contribution is 0.411. The van der Waals surface area contributed by atoms with E-state index in [0.717, 1.165) is 5.75 Å². The van der Waals surface area contributed by atoms with Crippen LogP contribution in [0.3, 0.4) is 0 Å². The topological polar surface area (TPSA) is 9.23 Å². The van der Waals surface area contributed by atoms with Crippen molar-refractivity contribution in [2.45, 2.75) is 26.2 Å². The highest BCUT2D eigenvalue weighted by Gasteiger charge is 2.17. The monoisotopic (exact) mass is 240 g/mol. The minimum absolute atomic E-state index is 1.01. The molecular weight excluding hydrogens is 228 g/mol. The first-order valence-corrected chi connectivity index (χ1v) is 5.38. The standard InChI is InChI=1S/C11H13BrO/c1-7-10(13-2)6-8-4-3-5-9(8)11(7)12/h6H,3-5H2,1-2H3. The molecule has 0 atom stereocenters. The van der Waals surface area contributed by atoms with E-state index in [1.807, 2.05) is 0 Å². The lowest BCUT2D eigenvalue weighted by atomic mass is 10.1. The van der Waals surface area contributed by atoms with Crippen LogP contribution in [0.25, 0.3) is 0 Å². The molecule has 0 amide bonds. The molecule has 0 aliphatic heterocycles. The maximum absolute atomic E-state index is 5.32. The summed E-state index contributed by atoms with van der Waals surface area (Å²) in [5, 5.41) is 0. The summed E-state index contributed by atoms with van der Waals surface area (Å²) in [7, 11) is 1.73. The summed E-state index contributed by atoms with van der Waals surface area (Å²) in [6.07, 6.45) is 3.69. The highest BCUT2D eigenvalue weighted by molar-refractivity contribution is 9.10. The van der Waals surface area contributed by atoms with Crippen LogP contribution >= 0.6 is 15.9 Å². The smallest absolute Gasteiger partial charge is 0.123 e. The molecule has 1 aromatic carbocycles. The van der Waals surface area contributed by atoms with Gasteiger partial charge in [-0.15, -0.1) is 0 Å². The van der Waals surface area contributed by atoms with Crippen molar-refractivity contribution < 1.29 is 4.74 Å². The van der Waals surface area contributed by atoms with Crippen LogP contribution in [-0.2, 0) is 12.8 Å². The molecule has 0 saturated carbocycles. The van der Waals surface area contributed by atoms with Gasteiger partial charge in [0.05, 0.1) is 7.11 Å². The second-order valence-corrected chi connectivity index (χ2v) is 4.30. The van der Waals surface area contributed by atoms with Gasteiger partial charge in [0.15, 0.2) is 0 Å². The molecule has 2 heteroatoms. The second-order valence-electron chi connectivity index (χ2n) is 3.51. The number of hydrogen-bond donors (Lipinski definition) is 0. The van der Waals surface area contributed by atoms with Crippen molar-refractivity contribution in [3.05, 3.63) is 27.2 Å². The molecule has 0 saturated heterocycles. The molecule has 2 rings (SSSR count). The summed E-state index contributed by atoms with van der Waals surface area (Å²) >= 11 is 3.64. The molecule has 1 aliphatic rings. The average Bonchev–Trinajstić information content (AvgIpc) is 2.59. The van der Waals surface area contributed by atoms with E-state index >= 15 is 0 Å². The fourth-order valence-corrected chi connectivity index (χ4v) is 2.64. The van der Waals surface area contributed by atoms with Gasteiger partial charge in [-0.05, 0) is 43.4 Å². The Morgan fingerprint density at radius 3 is 2.85 bits per heavy atom. The molecule has 13 heavy (non-hydrogen) atoms. The first kappa shape index (κ1) is 9.07. The van der Waals surface area contributed by atoms with Gasteiger partial charge in [-0.2, -0.15) is 0 Å². The molecule has 1 aliphatic carbocycles. The Morgan fingerprint density at radius 2 is 2.15 bits per heavy atom. The summed E-state index contributed by atoms with van der Waals surface area (Å²) in [5.41, 5.74) is 4.16. The SMILES string of the molecule is COc1cc2c(c(Br)c1C)CCC2. The van der Waals surface area contributed by atoms with Gasteiger partial charge in [0.2, 0.25) is 0 Å². The van der Waals surface area contributed by atoms with Crippen LogP contribution in [-0.4, -0.2) is 7.11 Å². The maximum Gasteiger partial charge on any atom is 0.123 e. The Kier molecular flexibility index (Phi) is 2.33. The lowest BCUT2D eigenvalue weighted by Gasteiger charge is -2.11. The van der Waals surface area contributed by atoms with E-state index in [4.69, 9.17) is 4.74 Å². The molecule has 0 aromatic heterocycles. The van der Waals surface area contributed by atoms with E-state index in [-0.39, 0.29) is 0 Å². The van der Waals surface area contributed by atoms with Crippen molar-refractivity contribution in [1.82, 2.24) is 0 Å². The number of rotatable bonds is 1. The lowest BCUT2D eigenvalue weighted by Crippen LogP contribution is -1.93. The summed E-state index contributed by atoms with van der Waals surface area (Å²) in [6, 6.07) is 2.18. The first-order valence-electron chi connectivity index (χ1n) is 4.59. The highest BCUT2D eigenvalue weighted by atomic mass is 79.9. The van der Waals surface area contributed by atoms with Crippen LogP contribution in [0.4, 0.5) is 0 Å². The summed E-state index contributed by atoms with van der Waals surface area (Å²) < 4.78 is 6.57. The van der Waals surface area contributed by atoms with Crippen molar-refractivity contribution >= 4 is 15.9 Å². The predicted octanol–water partition coefficient (Wildman–Crippen LogP) is 3.25. The number of halogens is 1. The van der Waals surface area contributed by atoms with Crippen molar-refractivity contribution in [2.75, 3.05) is 7.11 Å². The van der Waals surface area contributed by atoms with E-state index in [9.17, 15) is 0 Å². The Balaban J connectivity index is 2.61. The molecule has 0 bridgehead atoms. The fraction of sp³-hybridized carbons (Fsp3) is 0.455. The number of methoxy groups -OCH3 is 1. The van der Waals surface area contributed by atoms with Crippen molar-refractivity contribution in [1.29, 1.82) is 0 Å². The molecule has 70 valence electrons. The molecule has 0 N–H and O–H groups in total. The zero-order valence-electron chi connectivity index (χ0n) is 7.98. The predicted molar refractivity (Wildman–Crippen MR) is 57.5 cm³/mol. The van der Waals surface area contributed by atoms with Crippen LogP contribution in [0, 0.1) is 6.92 Å². The van der Waals surface area contributed by atoms with Gasteiger partial charge in [0, 0.05) is 10.0 Å². The third-order valence-corrected chi connectivity index (χ3v) is 3.82. The van der Waals surface area contributed by atoms with Crippen LogP contribution in [0.15, 0.2) is 10.5 Å². The molecular formula is C11H13BrO. The van der Waals surface area contributed by atoms with E-state index in [1.54, 1.807) is 7.11 Å². The number of hydrogen-bond acceptors (Lipinski definition) is 1. The minimum Gasteiger partial charge on any atom is -0.496 e. The van der Waals surface area contributed by atoms with Gasteiger partial charge >= 0.3 is 0 Å². The number of ether oxygens (including phenoxy) is 1. The van der Waals surface area contributed by atoms with Crippen LogP contribution in [0.5, 0.6) is 5.75 Å². The third kappa shape index (κ3) is 1.37. The number of benzene rings is 1. The zero-order chi connectivity index (χ0) is 9.42. The molecule has 1 aromatic rings. The van der Waals surface area contributed by atoms with Crippen molar-refractivity contribution in [3.8, 4) is 5.75 Å². The van der Waals surface area contributed by atoms with Gasteiger partial charge < -0.3 is 4.74 Å². The van der Waals surface area contributed by atoms with Crippen LogP contribution < -0.4 is 4.74 Å². The van der Waals surface area contributed by atoms with E-state index in [2.05, 4.69) is 28.9 Å².